The fraction of sp³-hybridized carbons (Fsp3) is 0.467. The van der Waals surface area contributed by atoms with E-state index in [9.17, 15) is 4.79 Å². The zero-order valence-electron chi connectivity index (χ0n) is 11.5. The van der Waals surface area contributed by atoms with Crippen LogP contribution in [0.3, 0.4) is 0 Å². The summed E-state index contributed by atoms with van der Waals surface area (Å²) in [7, 11) is 0. The Kier molecular flexibility index (Phi) is 6.62. The maximum absolute atomic E-state index is 11.4. The number of ether oxygens (including phenoxy) is 1. The summed E-state index contributed by atoms with van der Waals surface area (Å²) in [5.74, 6) is -0.228. The van der Waals surface area contributed by atoms with E-state index in [1.54, 1.807) is 12.1 Å². The van der Waals surface area contributed by atoms with Gasteiger partial charge in [-0.25, -0.2) is 0 Å². The van der Waals surface area contributed by atoms with E-state index < -0.39 is 0 Å². The average molecular weight is 260 g/mol. The zero-order valence-corrected chi connectivity index (χ0v) is 11.5. The molecule has 0 aromatic heterocycles. The molecule has 102 valence electrons. The fourth-order valence-electron chi connectivity index (χ4n) is 1.58. The van der Waals surface area contributed by atoms with Crippen LogP contribution in [0.15, 0.2) is 24.3 Å². The first-order valence-corrected chi connectivity index (χ1v) is 6.56. The van der Waals surface area contributed by atoms with Crippen molar-refractivity contribution in [3.8, 4) is 6.07 Å². The molecule has 19 heavy (non-hydrogen) atoms. The summed E-state index contributed by atoms with van der Waals surface area (Å²) in [5.41, 5.74) is 1.68. The molecule has 1 rings (SSSR count). The zero-order chi connectivity index (χ0) is 14.1. The summed E-state index contributed by atoms with van der Waals surface area (Å²) in [6.45, 7) is 4.72. The van der Waals surface area contributed by atoms with Crippen molar-refractivity contribution >= 4 is 5.97 Å². The summed E-state index contributed by atoms with van der Waals surface area (Å²) in [5, 5.41) is 11.8. The Labute approximate surface area is 114 Å². The number of hydrogen-bond donors (Lipinski definition) is 1. The highest BCUT2D eigenvalue weighted by Crippen LogP contribution is 2.12. The van der Waals surface area contributed by atoms with Crippen LogP contribution in [0.4, 0.5) is 0 Å². The molecule has 0 aliphatic heterocycles. The Bertz CT molecular complexity index is 434. The highest BCUT2D eigenvalue weighted by molar-refractivity contribution is 5.71. The minimum absolute atomic E-state index is 0.0477. The van der Waals surface area contributed by atoms with Crippen LogP contribution in [0, 0.1) is 11.3 Å². The first kappa shape index (κ1) is 15.2. The van der Waals surface area contributed by atoms with Crippen molar-refractivity contribution in [1.82, 2.24) is 5.32 Å². The Morgan fingerprint density at radius 3 is 2.68 bits per heavy atom. The molecule has 0 spiro atoms. The monoisotopic (exact) mass is 260 g/mol. The topological polar surface area (TPSA) is 62.1 Å². The van der Waals surface area contributed by atoms with Crippen LogP contribution in [0.1, 0.15) is 43.9 Å². The van der Waals surface area contributed by atoms with Gasteiger partial charge in [0.25, 0.3) is 0 Å². The average Bonchev–Trinajstić information content (AvgIpc) is 2.45. The largest absolute Gasteiger partial charge is 0.465 e. The second-order valence-corrected chi connectivity index (χ2v) is 4.41. The Morgan fingerprint density at radius 2 is 2.11 bits per heavy atom. The third-order valence-corrected chi connectivity index (χ3v) is 2.85. The summed E-state index contributed by atoms with van der Waals surface area (Å²) >= 11 is 0. The molecule has 4 heteroatoms. The molecular weight excluding hydrogens is 240 g/mol. The van der Waals surface area contributed by atoms with Crippen LogP contribution < -0.4 is 5.32 Å². The molecule has 0 saturated heterocycles. The number of carbonyl (C=O) groups is 1. The highest BCUT2D eigenvalue weighted by atomic mass is 16.5. The van der Waals surface area contributed by atoms with E-state index >= 15 is 0 Å². The van der Waals surface area contributed by atoms with Gasteiger partial charge in [-0.2, -0.15) is 5.26 Å². The fourth-order valence-corrected chi connectivity index (χ4v) is 1.58. The molecule has 1 N–H and O–H groups in total. The van der Waals surface area contributed by atoms with Gasteiger partial charge in [-0.05, 0) is 31.0 Å². The number of rotatable bonds is 7. The van der Waals surface area contributed by atoms with Crippen LogP contribution in [-0.4, -0.2) is 19.1 Å². The van der Waals surface area contributed by atoms with Crippen LogP contribution >= 0.6 is 0 Å². The molecule has 0 aliphatic carbocycles. The van der Waals surface area contributed by atoms with Gasteiger partial charge in [-0.1, -0.05) is 25.5 Å². The number of nitriles is 1. The van der Waals surface area contributed by atoms with Crippen molar-refractivity contribution in [2.24, 2.45) is 0 Å². The molecule has 0 bridgehead atoms. The number of hydrogen-bond acceptors (Lipinski definition) is 4. The molecule has 1 unspecified atom stereocenters. The van der Waals surface area contributed by atoms with E-state index in [2.05, 4.69) is 18.3 Å². The molecule has 4 nitrogen and oxygen atoms in total. The Hall–Kier alpha value is -1.86. The van der Waals surface area contributed by atoms with Crippen molar-refractivity contribution in [1.29, 1.82) is 5.26 Å². The summed E-state index contributed by atoms with van der Waals surface area (Å²) in [6.07, 6.45) is 1.92. The van der Waals surface area contributed by atoms with Gasteiger partial charge in [0, 0.05) is 6.04 Å². The van der Waals surface area contributed by atoms with Gasteiger partial charge in [0.2, 0.25) is 0 Å². The lowest BCUT2D eigenvalue weighted by Gasteiger charge is -2.13. The van der Waals surface area contributed by atoms with Gasteiger partial charge < -0.3 is 10.1 Å². The maximum atomic E-state index is 11.4. The van der Waals surface area contributed by atoms with Gasteiger partial charge in [-0.3, -0.25) is 4.79 Å². The summed E-state index contributed by atoms with van der Waals surface area (Å²) < 4.78 is 5.06. The third kappa shape index (κ3) is 5.54. The van der Waals surface area contributed by atoms with E-state index in [-0.39, 0.29) is 18.6 Å². The van der Waals surface area contributed by atoms with E-state index in [0.717, 1.165) is 18.4 Å². The minimum atomic E-state index is -0.228. The number of nitrogens with zero attached hydrogens (tertiary/aromatic N) is 1. The van der Waals surface area contributed by atoms with E-state index in [4.69, 9.17) is 10.00 Å². The smallest absolute Gasteiger partial charge is 0.319 e. The molecule has 0 radical (unpaired) electrons. The van der Waals surface area contributed by atoms with E-state index in [1.807, 2.05) is 19.1 Å². The number of unbranched alkanes of at least 4 members (excludes halogenated alkanes) is 1. The highest BCUT2D eigenvalue weighted by Gasteiger charge is 2.08. The SMILES string of the molecule is CCCCOC(=O)CNC(C)c1ccc(C#N)cc1. The van der Waals surface area contributed by atoms with Crippen LogP contribution in [0.25, 0.3) is 0 Å². The molecule has 1 aromatic rings. The van der Waals surface area contributed by atoms with Crippen molar-refractivity contribution < 1.29 is 9.53 Å². The van der Waals surface area contributed by atoms with Crippen LogP contribution in [-0.2, 0) is 9.53 Å². The molecule has 0 amide bonds. The first-order valence-electron chi connectivity index (χ1n) is 6.56. The number of carbonyl (C=O) groups excluding carboxylic acids is 1. The van der Waals surface area contributed by atoms with Gasteiger partial charge in [0.1, 0.15) is 0 Å². The quantitative estimate of drug-likeness (QED) is 0.604. The summed E-state index contributed by atoms with van der Waals surface area (Å²) in [6, 6.07) is 9.44. The predicted octanol–water partition coefficient (Wildman–Crippen LogP) is 2.55. The standard InChI is InChI=1S/C15H20N2O2/c1-3-4-9-19-15(18)11-17-12(2)14-7-5-13(10-16)6-8-14/h5-8,12,17H,3-4,9,11H2,1-2H3. The number of nitrogens with one attached hydrogen (secondary N) is 1. The number of benzene rings is 1. The van der Waals surface area contributed by atoms with E-state index in [1.165, 1.54) is 0 Å². The first-order chi connectivity index (χ1) is 9.17. The molecule has 0 saturated carbocycles. The van der Waals surface area contributed by atoms with Crippen LogP contribution in [0.5, 0.6) is 0 Å². The van der Waals surface area contributed by atoms with Crippen molar-refractivity contribution in [3.05, 3.63) is 35.4 Å². The van der Waals surface area contributed by atoms with E-state index in [0.29, 0.717) is 12.2 Å². The van der Waals surface area contributed by atoms with Crippen molar-refractivity contribution in [2.75, 3.05) is 13.2 Å². The number of esters is 1. The lowest BCUT2D eigenvalue weighted by molar-refractivity contribution is -0.142. The molecule has 0 fully saturated rings. The van der Waals surface area contributed by atoms with Gasteiger partial charge >= 0.3 is 5.97 Å². The van der Waals surface area contributed by atoms with Gasteiger partial charge in [0.05, 0.1) is 24.8 Å². The van der Waals surface area contributed by atoms with Gasteiger partial charge in [-0.15, -0.1) is 0 Å². The second-order valence-electron chi connectivity index (χ2n) is 4.41. The Balaban J connectivity index is 2.36. The molecule has 0 aliphatic rings. The summed E-state index contributed by atoms with van der Waals surface area (Å²) in [4.78, 5) is 11.4. The Morgan fingerprint density at radius 1 is 1.42 bits per heavy atom. The molecule has 1 atom stereocenters. The third-order valence-electron chi connectivity index (χ3n) is 2.85. The lowest BCUT2D eigenvalue weighted by Crippen LogP contribution is -2.27. The minimum Gasteiger partial charge on any atom is -0.465 e. The molecule has 0 heterocycles. The predicted molar refractivity (Wildman–Crippen MR) is 73.4 cm³/mol. The van der Waals surface area contributed by atoms with Crippen molar-refractivity contribution in [2.45, 2.75) is 32.7 Å². The molecule has 1 aromatic carbocycles. The lowest BCUT2D eigenvalue weighted by atomic mass is 10.1. The van der Waals surface area contributed by atoms with Crippen molar-refractivity contribution in [3.63, 3.8) is 0 Å². The second kappa shape index (κ2) is 8.28. The van der Waals surface area contributed by atoms with Gasteiger partial charge in [0.15, 0.2) is 0 Å². The normalized spacial score (nSPS) is 11.6. The maximum Gasteiger partial charge on any atom is 0.319 e. The molecular formula is C15H20N2O2. The van der Waals surface area contributed by atoms with Crippen LogP contribution in [0.2, 0.25) is 0 Å².